The van der Waals surface area contributed by atoms with Gasteiger partial charge < -0.3 is 0 Å². The van der Waals surface area contributed by atoms with E-state index in [9.17, 15) is 4.79 Å². The van der Waals surface area contributed by atoms with Crippen LogP contribution in [0.3, 0.4) is 0 Å². The van der Waals surface area contributed by atoms with E-state index in [1.807, 2.05) is 6.92 Å². The zero-order valence-electron chi connectivity index (χ0n) is 10.6. The summed E-state index contributed by atoms with van der Waals surface area (Å²) in [4.78, 5) is 11.4. The van der Waals surface area contributed by atoms with Gasteiger partial charge in [0, 0.05) is 12.1 Å². The number of unbranched alkanes of at least 4 members (excludes halogenated alkanes) is 4. The molecule has 1 rings (SSSR count). The number of hydrogen-bond acceptors (Lipinski definition) is 2. The Balaban J connectivity index is 2.00. The molecular formula is C13H24N2O. The van der Waals surface area contributed by atoms with Gasteiger partial charge in [0.1, 0.15) is 0 Å². The maximum atomic E-state index is 11.4. The molecule has 0 heterocycles. The monoisotopic (exact) mass is 224 g/mol. The molecule has 92 valence electrons. The van der Waals surface area contributed by atoms with E-state index in [-0.39, 0.29) is 5.91 Å². The zero-order chi connectivity index (χ0) is 11.8. The maximum Gasteiger partial charge on any atom is 0.240 e. The molecule has 0 aromatic carbocycles. The van der Waals surface area contributed by atoms with E-state index in [4.69, 9.17) is 0 Å². The number of carbonyl (C=O) groups excluding carboxylic acids is 1. The van der Waals surface area contributed by atoms with Gasteiger partial charge in [-0.15, -0.1) is 0 Å². The minimum atomic E-state index is 0.0662. The van der Waals surface area contributed by atoms with E-state index in [1.54, 1.807) is 0 Å². The van der Waals surface area contributed by atoms with Gasteiger partial charge in [0.2, 0.25) is 5.91 Å². The first-order valence-electron chi connectivity index (χ1n) is 6.57. The average molecular weight is 224 g/mol. The van der Waals surface area contributed by atoms with Crippen LogP contribution in [-0.2, 0) is 4.79 Å². The first kappa shape index (κ1) is 13.2. The Hall–Kier alpha value is -0.860. The molecular weight excluding hydrogens is 200 g/mol. The van der Waals surface area contributed by atoms with Crippen LogP contribution < -0.4 is 5.43 Å². The van der Waals surface area contributed by atoms with Crippen LogP contribution in [0.2, 0.25) is 0 Å². The molecule has 1 aliphatic rings. The minimum Gasteiger partial charge on any atom is -0.273 e. The standard InChI is InChI=1S/C13H24N2O/c1-3-4-5-6-7-8-13(16)15-14-11(2)12-9-10-12/h12H,3-10H2,1-2H3,(H,15,16). The van der Waals surface area contributed by atoms with Gasteiger partial charge >= 0.3 is 0 Å². The number of hydrazone groups is 1. The first-order chi connectivity index (χ1) is 7.74. The van der Waals surface area contributed by atoms with Gasteiger partial charge in [0.05, 0.1) is 0 Å². The van der Waals surface area contributed by atoms with E-state index < -0.39 is 0 Å². The summed E-state index contributed by atoms with van der Waals surface area (Å²) in [7, 11) is 0. The Bertz CT molecular complexity index is 244. The van der Waals surface area contributed by atoms with Crippen molar-refractivity contribution < 1.29 is 4.79 Å². The molecule has 16 heavy (non-hydrogen) atoms. The molecule has 1 fully saturated rings. The van der Waals surface area contributed by atoms with Gasteiger partial charge in [-0.1, -0.05) is 32.6 Å². The second-order valence-electron chi connectivity index (χ2n) is 4.73. The first-order valence-corrected chi connectivity index (χ1v) is 6.57. The van der Waals surface area contributed by atoms with Gasteiger partial charge in [-0.05, 0) is 32.1 Å². The third-order valence-corrected chi connectivity index (χ3v) is 3.03. The van der Waals surface area contributed by atoms with Crippen molar-refractivity contribution >= 4 is 11.6 Å². The maximum absolute atomic E-state index is 11.4. The van der Waals surface area contributed by atoms with Crippen LogP contribution in [0.15, 0.2) is 5.10 Å². The number of amides is 1. The topological polar surface area (TPSA) is 41.5 Å². The average Bonchev–Trinajstić information content (AvgIpc) is 3.09. The van der Waals surface area contributed by atoms with E-state index in [2.05, 4.69) is 17.5 Å². The summed E-state index contributed by atoms with van der Waals surface area (Å²) in [6, 6.07) is 0. The number of nitrogens with zero attached hydrogens (tertiary/aromatic N) is 1. The third kappa shape index (κ3) is 5.89. The fourth-order valence-electron chi connectivity index (χ4n) is 1.69. The summed E-state index contributed by atoms with van der Waals surface area (Å²) in [6.45, 7) is 4.20. The molecule has 0 spiro atoms. The third-order valence-electron chi connectivity index (χ3n) is 3.03. The van der Waals surface area contributed by atoms with Crippen LogP contribution in [0.5, 0.6) is 0 Å². The highest BCUT2D eigenvalue weighted by Gasteiger charge is 2.24. The van der Waals surface area contributed by atoms with Crippen molar-refractivity contribution in [1.82, 2.24) is 5.43 Å². The summed E-state index contributed by atoms with van der Waals surface area (Å²) in [6.07, 6.45) is 9.01. The van der Waals surface area contributed by atoms with E-state index >= 15 is 0 Å². The Morgan fingerprint density at radius 2 is 1.94 bits per heavy atom. The lowest BCUT2D eigenvalue weighted by Crippen LogP contribution is -2.18. The fourth-order valence-corrected chi connectivity index (χ4v) is 1.69. The van der Waals surface area contributed by atoms with Gasteiger partial charge in [-0.25, -0.2) is 5.43 Å². The van der Waals surface area contributed by atoms with Crippen LogP contribution in [0.1, 0.15) is 65.2 Å². The lowest BCUT2D eigenvalue weighted by molar-refractivity contribution is -0.121. The molecule has 1 aliphatic carbocycles. The molecule has 1 N–H and O–H groups in total. The second kappa shape index (κ2) is 7.42. The fraction of sp³-hybridized carbons (Fsp3) is 0.846. The van der Waals surface area contributed by atoms with E-state index in [0.717, 1.165) is 18.6 Å². The van der Waals surface area contributed by atoms with Crippen LogP contribution in [-0.4, -0.2) is 11.6 Å². The molecule has 0 unspecified atom stereocenters. The van der Waals surface area contributed by atoms with Crippen molar-refractivity contribution in [2.45, 2.75) is 65.2 Å². The van der Waals surface area contributed by atoms with Gasteiger partial charge in [-0.2, -0.15) is 5.10 Å². The van der Waals surface area contributed by atoms with Crippen molar-refractivity contribution in [3.05, 3.63) is 0 Å². The molecule has 1 saturated carbocycles. The Morgan fingerprint density at radius 3 is 2.56 bits per heavy atom. The molecule has 3 heteroatoms. The minimum absolute atomic E-state index is 0.0662. The van der Waals surface area contributed by atoms with Gasteiger partial charge in [0.25, 0.3) is 0 Å². The predicted molar refractivity (Wildman–Crippen MR) is 67.4 cm³/mol. The van der Waals surface area contributed by atoms with Crippen molar-refractivity contribution in [1.29, 1.82) is 0 Å². The highest BCUT2D eigenvalue weighted by atomic mass is 16.2. The second-order valence-corrected chi connectivity index (χ2v) is 4.73. The van der Waals surface area contributed by atoms with Gasteiger partial charge in [-0.3, -0.25) is 4.79 Å². The lowest BCUT2D eigenvalue weighted by atomic mass is 10.1. The highest BCUT2D eigenvalue weighted by Crippen LogP contribution is 2.30. The number of hydrogen-bond donors (Lipinski definition) is 1. The number of nitrogens with one attached hydrogen (secondary N) is 1. The molecule has 0 aromatic heterocycles. The summed E-state index contributed by atoms with van der Waals surface area (Å²) in [5.41, 5.74) is 3.73. The van der Waals surface area contributed by atoms with Crippen LogP contribution in [0.4, 0.5) is 0 Å². The number of carbonyl (C=O) groups is 1. The predicted octanol–water partition coefficient (Wildman–Crippen LogP) is 3.25. The van der Waals surface area contributed by atoms with E-state index in [1.165, 1.54) is 32.1 Å². The van der Waals surface area contributed by atoms with Crippen molar-refractivity contribution in [3.8, 4) is 0 Å². The molecule has 0 atom stereocenters. The van der Waals surface area contributed by atoms with E-state index in [0.29, 0.717) is 12.3 Å². The zero-order valence-corrected chi connectivity index (χ0v) is 10.6. The number of rotatable bonds is 8. The molecule has 0 saturated heterocycles. The Kier molecular flexibility index (Phi) is 6.12. The Morgan fingerprint density at radius 1 is 1.25 bits per heavy atom. The Labute approximate surface area is 98.7 Å². The quantitative estimate of drug-likeness (QED) is 0.384. The largest absolute Gasteiger partial charge is 0.273 e. The summed E-state index contributed by atoms with van der Waals surface area (Å²) >= 11 is 0. The lowest BCUT2D eigenvalue weighted by Gasteiger charge is -2.01. The van der Waals surface area contributed by atoms with Crippen molar-refractivity contribution in [2.75, 3.05) is 0 Å². The summed E-state index contributed by atoms with van der Waals surface area (Å²) in [5, 5.41) is 4.12. The molecule has 1 amide bonds. The molecule has 0 radical (unpaired) electrons. The molecule has 0 bridgehead atoms. The van der Waals surface area contributed by atoms with Crippen LogP contribution >= 0.6 is 0 Å². The SMILES string of the molecule is CCCCCCCC(=O)NN=C(C)C1CC1. The summed E-state index contributed by atoms with van der Waals surface area (Å²) < 4.78 is 0. The highest BCUT2D eigenvalue weighted by molar-refractivity contribution is 5.87. The molecule has 0 aliphatic heterocycles. The van der Waals surface area contributed by atoms with Crippen molar-refractivity contribution in [3.63, 3.8) is 0 Å². The smallest absolute Gasteiger partial charge is 0.240 e. The summed E-state index contributed by atoms with van der Waals surface area (Å²) in [5.74, 6) is 0.710. The van der Waals surface area contributed by atoms with Crippen molar-refractivity contribution in [2.24, 2.45) is 11.0 Å². The normalized spacial score (nSPS) is 16.2. The van der Waals surface area contributed by atoms with Gasteiger partial charge in [0.15, 0.2) is 0 Å². The van der Waals surface area contributed by atoms with Crippen LogP contribution in [0, 0.1) is 5.92 Å². The molecule has 3 nitrogen and oxygen atoms in total. The van der Waals surface area contributed by atoms with Crippen LogP contribution in [0.25, 0.3) is 0 Å². The molecule has 0 aromatic rings.